The molecule has 1 aliphatic rings. The molecule has 0 aromatic heterocycles. The quantitative estimate of drug-likeness (QED) is 0.824. The molecule has 0 radical (unpaired) electrons. The van der Waals surface area contributed by atoms with Gasteiger partial charge in [0.25, 0.3) is 0 Å². The average molecular weight is 237 g/mol. The third-order valence-corrected chi connectivity index (χ3v) is 3.08. The topological polar surface area (TPSA) is 64.7 Å². The highest BCUT2D eigenvalue weighted by atomic mass is 16.6. The van der Waals surface area contributed by atoms with Crippen molar-refractivity contribution in [1.82, 2.24) is 0 Å². The summed E-state index contributed by atoms with van der Waals surface area (Å²) in [6, 6.07) is 9.73. The standard InChI is InChI=1S/C13H19NO3/c1-9-13(14)11(7-12(15)17-9)16-8-10-5-3-2-4-6-10/h2-6,9,11-13,15H,7-8,14H2,1H3/t9-,11-,12-,13-/m0/s1. The second-order valence-corrected chi connectivity index (χ2v) is 4.44. The fourth-order valence-corrected chi connectivity index (χ4v) is 2.01. The Morgan fingerprint density at radius 1 is 1.41 bits per heavy atom. The lowest BCUT2D eigenvalue weighted by Crippen LogP contribution is -2.52. The zero-order chi connectivity index (χ0) is 12.3. The molecule has 0 amide bonds. The first-order valence-electron chi connectivity index (χ1n) is 5.91. The maximum atomic E-state index is 9.51. The Morgan fingerprint density at radius 3 is 2.82 bits per heavy atom. The van der Waals surface area contributed by atoms with Crippen molar-refractivity contribution in [3.05, 3.63) is 35.9 Å². The van der Waals surface area contributed by atoms with E-state index >= 15 is 0 Å². The molecule has 4 atom stereocenters. The average Bonchev–Trinajstić information content (AvgIpc) is 2.33. The van der Waals surface area contributed by atoms with Crippen LogP contribution in [0.25, 0.3) is 0 Å². The van der Waals surface area contributed by atoms with Gasteiger partial charge in [0.05, 0.1) is 24.9 Å². The molecule has 1 fully saturated rings. The molecule has 17 heavy (non-hydrogen) atoms. The number of rotatable bonds is 3. The zero-order valence-electron chi connectivity index (χ0n) is 9.95. The van der Waals surface area contributed by atoms with Gasteiger partial charge in [0.2, 0.25) is 0 Å². The Hall–Kier alpha value is -0.940. The van der Waals surface area contributed by atoms with Gasteiger partial charge in [-0.3, -0.25) is 0 Å². The van der Waals surface area contributed by atoms with Crippen LogP contribution in [0.1, 0.15) is 18.9 Å². The van der Waals surface area contributed by atoms with Gasteiger partial charge in [0.15, 0.2) is 6.29 Å². The highest BCUT2D eigenvalue weighted by Crippen LogP contribution is 2.20. The number of nitrogens with two attached hydrogens (primary N) is 1. The highest BCUT2D eigenvalue weighted by Gasteiger charge is 2.33. The van der Waals surface area contributed by atoms with Crippen LogP contribution in [0.3, 0.4) is 0 Å². The molecule has 0 saturated carbocycles. The van der Waals surface area contributed by atoms with Gasteiger partial charge in [-0.25, -0.2) is 0 Å². The molecule has 3 N–H and O–H groups in total. The second kappa shape index (κ2) is 5.60. The summed E-state index contributed by atoms with van der Waals surface area (Å²) in [7, 11) is 0. The van der Waals surface area contributed by atoms with Gasteiger partial charge in [0, 0.05) is 6.42 Å². The first-order chi connectivity index (χ1) is 8.16. The molecule has 0 spiro atoms. The summed E-state index contributed by atoms with van der Waals surface area (Å²) in [5, 5.41) is 9.51. The van der Waals surface area contributed by atoms with Crippen LogP contribution >= 0.6 is 0 Å². The minimum absolute atomic E-state index is 0.158. The summed E-state index contributed by atoms with van der Waals surface area (Å²) < 4.78 is 11.0. The van der Waals surface area contributed by atoms with Gasteiger partial charge < -0.3 is 20.3 Å². The molecular formula is C13H19NO3. The lowest BCUT2D eigenvalue weighted by atomic mass is 10.0. The first kappa shape index (κ1) is 12.5. The van der Waals surface area contributed by atoms with Gasteiger partial charge in [-0.05, 0) is 12.5 Å². The van der Waals surface area contributed by atoms with E-state index in [1.807, 2.05) is 37.3 Å². The molecular weight excluding hydrogens is 218 g/mol. The number of aliphatic hydroxyl groups is 1. The summed E-state index contributed by atoms with van der Waals surface area (Å²) >= 11 is 0. The predicted octanol–water partition coefficient (Wildman–Crippen LogP) is 1.03. The molecule has 2 rings (SSSR count). The molecule has 0 bridgehead atoms. The molecule has 94 valence electrons. The fourth-order valence-electron chi connectivity index (χ4n) is 2.01. The normalized spacial score (nSPS) is 33.6. The number of aliphatic hydroxyl groups excluding tert-OH is 1. The van der Waals surface area contributed by atoms with E-state index < -0.39 is 6.29 Å². The van der Waals surface area contributed by atoms with Crippen LogP contribution in [0, 0.1) is 0 Å². The van der Waals surface area contributed by atoms with Crippen LogP contribution in [0.5, 0.6) is 0 Å². The third-order valence-electron chi connectivity index (χ3n) is 3.08. The van der Waals surface area contributed by atoms with E-state index in [1.54, 1.807) is 0 Å². The van der Waals surface area contributed by atoms with Crippen LogP contribution in [-0.2, 0) is 16.1 Å². The minimum Gasteiger partial charge on any atom is -0.372 e. The number of hydrogen-bond donors (Lipinski definition) is 2. The Morgan fingerprint density at radius 2 is 2.12 bits per heavy atom. The Kier molecular flexibility index (Phi) is 4.12. The van der Waals surface area contributed by atoms with E-state index in [-0.39, 0.29) is 18.2 Å². The monoisotopic (exact) mass is 237 g/mol. The van der Waals surface area contributed by atoms with Gasteiger partial charge in [0.1, 0.15) is 0 Å². The molecule has 0 unspecified atom stereocenters. The smallest absolute Gasteiger partial charge is 0.157 e. The van der Waals surface area contributed by atoms with Crippen molar-refractivity contribution in [1.29, 1.82) is 0 Å². The van der Waals surface area contributed by atoms with Crippen LogP contribution in [0.2, 0.25) is 0 Å². The zero-order valence-corrected chi connectivity index (χ0v) is 9.95. The predicted molar refractivity (Wildman–Crippen MR) is 64.2 cm³/mol. The van der Waals surface area contributed by atoms with Gasteiger partial charge in [-0.2, -0.15) is 0 Å². The van der Waals surface area contributed by atoms with Crippen molar-refractivity contribution >= 4 is 0 Å². The Labute approximate surface area is 101 Å². The van der Waals surface area contributed by atoms with Crippen LogP contribution < -0.4 is 5.73 Å². The molecule has 1 saturated heterocycles. The van der Waals surface area contributed by atoms with Crippen LogP contribution in [0.15, 0.2) is 30.3 Å². The fraction of sp³-hybridized carbons (Fsp3) is 0.538. The van der Waals surface area contributed by atoms with Gasteiger partial charge in [-0.15, -0.1) is 0 Å². The SMILES string of the molecule is C[C@@H]1O[C@H](O)C[C@H](OCc2ccccc2)[C@H]1N. The number of hydrogen-bond acceptors (Lipinski definition) is 4. The third kappa shape index (κ3) is 3.26. The van der Waals surface area contributed by atoms with Gasteiger partial charge >= 0.3 is 0 Å². The molecule has 1 heterocycles. The molecule has 4 heteroatoms. The molecule has 4 nitrogen and oxygen atoms in total. The van der Waals surface area contributed by atoms with Gasteiger partial charge in [-0.1, -0.05) is 30.3 Å². The van der Waals surface area contributed by atoms with Crippen molar-refractivity contribution in [2.45, 2.75) is 44.5 Å². The van der Waals surface area contributed by atoms with E-state index in [1.165, 1.54) is 0 Å². The van der Waals surface area contributed by atoms with E-state index in [0.717, 1.165) is 5.56 Å². The Balaban J connectivity index is 1.89. The van der Waals surface area contributed by atoms with Crippen LogP contribution in [0.4, 0.5) is 0 Å². The van der Waals surface area contributed by atoms with E-state index in [4.69, 9.17) is 15.2 Å². The molecule has 1 aromatic carbocycles. The summed E-state index contributed by atoms with van der Waals surface area (Å²) in [6.07, 6.45) is -0.683. The minimum atomic E-state index is -0.773. The molecule has 1 aliphatic heterocycles. The van der Waals surface area contributed by atoms with Crippen molar-refractivity contribution in [2.24, 2.45) is 5.73 Å². The maximum Gasteiger partial charge on any atom is 0.157 e. The van der Waals surface area contributed by atoms with Crippen molar-refractivity contribution in [3.8, 4) is 0 Å². The summed E-state index contributed by atoms with van der Waals surface area (Å²) in [5.41, 5.74) is 7.09. The van der Waals surface area contributed by atoms with E-state index in [9.17, 15) is 5.11 Å². The van der Waals surface area contributed by atoms with E-state index in [0.29, 0.717) is 13.0 Å². The summed E-state index contributed by atoms with van der Waals surface area (Å²) in [5.74, 6) is 0. The molecule has 1 aromatic rings. The second-order valence-electron chi connectivity index (χ2n) is 4.44. The number of benzene rings is 1. The molecule has 0 aliphatic carbocycles. The Bertz CT molecular complexity index is 344. The highest BCUT2D eigenvalue weighted by molar-refractivity contribution is 5.13. The van der Waals surface area contributed by atoms with Crippen molar-refractivity contribution < 1.29 is 14.6 Å². The summed E-state index contributed by atoms with van der Waals surface area (Å²) in [6.45, 7) is 2.37. The summed E-state index contributed by atoms with van der Waals surface area (Å²) in [4.78, 5) is 0. The maximum absolute atomic E-state index is 9.51. The van der Waals surface area contributed by atoms with E-state index in [2.05, 4.69) is 0 Å². The lowest BCUT2D eigenvalue weighted by Gasteiger charge is -2.36. The first-order valence-corrected chi connectivity index (χ1v) is 5.91. The van der Waals surface area contributed by atoms with Crippen molar-refractivity contribution in [2.75, 3.05) is 0 Å². The van der Waals surface area contributed by atoms with Crippen LogP contribution in [-0.4, -0.2) is 29.6 Å². The largest absolute Gasteiger partial charge is 0.372 e. The van der Waals surface area contributed by atoms with Crippen molar-refractivity contribution in [3.63, 3.8) is 0 Å². The lowest BCUT2D eigenvalue weighted by molar-refractivity contribution is -0.202. The number of ether oxygens (including phenoxy) is 2.